The second-order valence-electron chi connectivity index (χ2n) is 24.9. The van der Waals surface area contributed by atoms with Crippen molar-refractivity contribution in [1.29, 1.82) is 0 Å². The molecule has 6 nitrogen and oxygen atoms in total. The van der Waals surface area contributed by atoms with E-state index < -0.39 is 6.10 Å². The molecule has 0 aliphatic rings. The first-order valence-corrected chi connectivity index (χ1v) is 36.3. The van der Waals surface area contributed by atoms with Crippen LogP contribution in [-0.4, -0.2) is 37.2 Å². The molecule has 0 amide bonds. The molecule has 0 saturated heterocycles. The van der Waals surface area contributed by atoms with Gasteiger partial charge in [0.1, 0.15) is 13.2 Å². The maximum Gasteiger partial charge on any atom is 0.306 e. The summed E-state index contributed by atoms with van der Waals surface area (Å²) in [7, 11) is 0. The number of esters is 3. The van der Waals surface area contributed by atoms with Gasteiger partial charge in [-0.05, 0) is 51.4 Å². The molecule has 0 radical (unpaired) electrons. The van der Waals surface area contributed by atoms with Crippen LogP contribution in [0, 0.1) is 0 Å². The van der Waals surface area contributed by atoms with Gasteiger partial charge in [-0.1, -0.05) is 366 Å². The predicted octanol–water partition coefficient (Wildman–Crippen LogP) is 25.0. The van der Waals surface area contributed by atoms with Gasteiger partial charge >= 0.3 is 17.9 Å². The summed E-state index contributed by atoms with van der Waals surface area (Å²) in [6, 6.07) is 0. The minimum Gasteiger partial charge on any atom is -0.462 e. The summed E-state index contributed by atoms with van der Waals surface area (Å²) < 4.78 is 17.0. The lowest BCUT2D eigenvalue weighted by Gasteiger charge is -2.18. The number of carbonyl (C=O) groups is 3. The summed E-state index contributed by atoms with van der Waals surface area (Å²) in [6.45, 7) is 6.69. The monoisotopic (exact) mass is 1130 g/mol. The Bertz CT molecular complexity index is 1290. The van der Waals surface area contributed by atoms with Gasteiger partial charge in [0.05, 0.1) is 0 Å². The topological polar surface area (TPSA) is 78.9 Å². The summed E-state index contributed by atoms with van der Waals surface area (Å²) in [4.78, 5) is 38.4. The fourth-order valence-electron chi connectivity index (χ4n) is 11.2. The zero-order valence-electron chi connectivity index (χ0n) is 54.4. The van der Waals surface area contributed by atoms with Crippen LogP contribution in [0.25, 0.3) is 0 Å². The molecular formula is C74H140O6. The molecule has 0 aromatic heterocycles. The molecule has 80 heavy (non-hydrogen) atoms. The zero-order valence-corrected chi connectivity index (χ0v) is 54.4. The molecule has 0 rings (SSSR count). The molecule has 1 unspecified atom stereocenters. The van der Waals surface area contributed by atoms with Crippen LogP contribution in [0.3, 0.4) is 0 Å². The number of carbonyl (C=O) groups excluding carboxylic acids is 3. The second-order valence-corrected chi connectivity index (χ2v) is 24.9. The van der Waals surface area contributed by atoms with Crippen LogP contribution in [0.2, 0.25) is 0 Å². The van der Waals surface area contributed by atoms with Crippen LogP contribution in [-0.2, 0) is 28.6 Å². The highest BCUT2D eigenvalue weighted by atomic mass is 16.6. The lowest BCUT2D eigenvalue weighted by molar-refractivity contribution is -0.167. The largest absolute Gasteiger partial charge is 0.462 e. The van der Waals surface area contributed by atoms with Crippen molar-refractivity contribution >= 4 is 17.9 Å². The van der Waals surface area contributed by atoms with Crippen molar-refractivity contribution < 1.29 is 28.6 Å². The molecule has 0 aliphatic heterocycles. The number of unbranched alkanes of at least 4 members (excludes halogenated alkanes) is 53. The number of allylic oxidation sites excluding steroid dienone is 4. The maximum atomic E-state index is 12.9. The highest BCUT2D eigenvalue weighted by Gasteiger charge is 2.19. The van der Waals surface area contributed by atoms with Gasteiger partial charge < -0.3 is 14.2 Å². The third-order valence-corrected chi connectivity index (χ3v) is 16.7. The van der Waals surface area contributed by atoms with Gasteiger partial charge in [-0.3, -0.25) is 14.4 Å². The molecule has 0 aromatic rings. The van der Waals surface area contributed by atoms with Crippen LogP contribution in [0.5, 0.6) is 0 Å². The summed E-state index contributed by atoms with van der Waals surface area (Å²) in [5.41, 5.74) is 0. The molecule has 1 atom stereocenters. The van der Waals surface area contributed by atoms with Crippen molar-refractivity contribution in [3.05, 3.63) is 24.3 Å². The summed E-state index contributed by atoms with van der Waals surface area (Å²) in [6.07, 6.45) is 85.1. The lowest BCUT2D eigenvalue weighted by Crippen LogP contribution is -2.30. The Balaban J connectivity index is 4.16. The maximum absolute atomic E-state index is 12.9. The van der Waals surface area contributed by atoms with E-state index in [9.17, 15) is 14.4 Å². The highest BCUT2D eigenvalue weighted by molar-refractivity contribution is 5.71. The summed E-state index contributed by atoms with van der Waals surface area (Å²) >= 11 is 0. The number of rotatable bonds is 68. The van der Waals surface area contributed by atoms with E-state index in [-0.39, 0.29) is 31.1 Å². The van der Waals surface area contributed by atoms with Gasteiger partial charge in [-0.15, -0.1) is 0 Å². The van der Waals surface area contributed by atoms with E-state index in [1.54, 1.807) is 0 Å². The van der Waals surface area contributed by atoms with E-state index in [1.165, 1.54) is 302 Å². The van der Waals surface area contributed by atoms with E-state index in [0.29, 0.717) is 19.3 Å². The van der Waals surface area contributed by atoms with Crippen LogP contribution in [0.1, 0.15) is 412 Å². The van der Waals surface area contributed by atoms with Crippen molar-refractivity contribution in [3.63, 3.8) is 0 Å². The molecule has 0 spiro atoms. The van der Waals surface area contributed by atoms with E-state index in [1.807, 2.05) is 0 Å². The average molecular weight is 1130 g/mol. The van der Waals surface area contributed by atoms with Crippen LogP contribution in [0.15, 0.2) is 24.3 Å². The molecule has 0 aliphatic carbocycles. The average Bonchev–Trinajstić information content (AvgIpc) is 3.46. The van der Waals surface area contributed by atoms with E-state index in [0.717, 1.165) is 70.6 Å². The van der Waals surface area contributed by atoms with E-state index in [4.69, 9.17) is 14.2 Å². The SMILES string of the molecule is CCCCC/C=C\C/C=C\CCCCCCCCCC(=O)OC(COC(=O)CCCCCCCCCCCCCCCCC)COC(=O)CCCCCCCCCCCCCCCCCCCCCCCCCCCCCCCC. The Labute approximate surface area is 500 Å². The summed E-state index contributed by atoms with van der Waals surface area (Å²) in [5, 5.41) is 0. The first-order valence-electron chi connectivity index (χ1n) is 36.3. The first-order chi connectivity index (χ1) is 39.5. The third-order valence-electron chi connectivity index (χ3n) is 16.7. The molecule has 6 heteroatoms. The normalized spacial score (nSPS) is 12.1. The Morgan fingerprint density at radius 3 is 0.713 bits per heavy atom. The van der Waals surface area contributed by atoms with Gasteiger partial charge in [-0.2, -0.15) is 0 Å². The second kappa shape index (κ2) is 69.4. The summed E-state index contributed by atoms with van der Waals surface area (Å²) in [5.74, 6) is -0.843. The van der Waals surface area contributed by atoms with Crippen LogP contribution >= 0.6 is 0 Å². The van der Waals surface area contributed by atoms with Crippen molar-refractivity contribution in [2.24, 2.45) is 0 Å². The Morgan fingerprint density at radius 2 is 0.450 bits per heavy atom. The minimum absolute atomic E-state index is 0.0681. The number of ether oxygens (including phenoxy) is 3. The molecular weight excluding hydrogens is 985 g/mol. The van der Waals surface area contributed by atoms with Crippen molar-refractivity contribution in [1.82, 2.24) is 0 Å². The van der Waals surface area contributed by atoms with Crippen LogP contribution < -0.4 is 0 Å². The Morgan fingerprint density at radius 1 is 0.250 bits per heavy atom. The fraction of sp³-hybridized carbons (Fsp3) is 0.905. The van der Waals surface area contributed by atoms with Gasteiger partial charge in [-0.25, -0.2) is 0 Å². The molecule has 0 N–H and O–H groups in total. The first kappa shape index (κ1) is 77.9. The molecule has 472 valence electrons. The quantitative estimate of drug-likeness (QED) is 0.0261. The van der Waals surface area contributed by atoms with Crippen molar-refractivity contribution in [2.75, 3.05) is 13.2 Å². The van der Waals surface area contributed by atoms with Gasteiger partial charge in [0, 0.05) is 19.3 Å². The predicted molar refractivity (Wildman–Crippen MR) is 349 cm³/mol. The van der Waals surface area contributed by atoms with Gasteiger partial charge in [0.15, 0.2) is 6.10 Å². The zero-order chi connectivity index (χ0) is 57.8. The van der Waals surface area contributed by atoms with Crippen LogP contribution in [0.4, 0.5) is 0 Å². The Hall–Kier alpha value is -2.11. The Kier molecular flexibility index (Phi) is 67.6. The van der Waals surface area contributed by atoms with Crippen molar-refractivity contribution in [2.45, 2.75) is 419 Å². The standard InChI is InChI=1S/C74H140O6/c1-4-7-10-13-16-19-22-25-28-30-31-32-33-34-35-36-37-38-39-40-41-42-44-46-49-52-55-58-61-64-67-73(76)79-70-71(69-78-72(75)66-63-60-57-54-51-48-45-27-24-21-18-15-12-9-6-3)80-74(77)68-65-62-59-56-53-50-47-43-29-26-23-20-17-14-11-8-5-2/h17,20,26,29,71H,4-16,18-19,21-25,27-28,30-70H2,1-3H3/b20-17-,29-26-. The van der Waals surface area contributed by atoms with Gasteiger partial charge in [0.2, 0.25) is 0 Å². The minimum atomic E-state index is -0.772. The molecule has 0 saturated carbocycles. The van der Waals surface area contributed by atoms with Gasteiger partial charge in [0.25, 0.3) is 0 Å². The molecule has 0 bridgehead atoms. The van der Waals surface area contributed by atoms with E-state index >= 15 is 0 Å². The molecule has 0 fully saturated rings. The third kappa shape index (κ3) is 66.7. The molecule has 0 heterocycles. The highest BCUT2D eigenvalue weighted by Crippen LogP contribution is 2.19. The van der Waals surface area contributed by atoms with Crippen molar-refractivity contribution in [3.8, 4) is 0 Å². The van der Waals surface area contributed by atoms with E-state index in [2.05, 4.69) is 45.1 Å². The number of hydrogen-bond acceptors (Lipinski definition) is 6. The lowest BCUT2D eigenvalue weighted by atomic mass is 10.0. The molecule has 0 aromatic carbocycles. The number of hydrogen-bond donors (Lipinski definition) is 0. The fourth-order valence-corrected chi connectivity index (χ4v) is 11.2. The smallest absolute Gasteiger partial charge is 0.306 e.